The number of aryl methyl sites for hydroxylation is 1. The summed E-state index contributed by atoms with van der Waals surface area (Å²) < 4.78 is 5.72. The first kappa shape index (κ1) is 20.0. The SMILES string of the molecule is CCN(CC(=O)O)C1CC(NC(=O)N(C)CCOc2ccccc2C)C1. The molecule has 0 aromatic heterocycles. The van der Waals surface area contributed by atoms with Crippen LogP contribution in [-0.2, 0) is 4.79 Å². The summed E-state index contributed by atoms with van der Waals surface area (Å²) in [6.07, 6.45) is 1.58. The molecule has 0 heterocycles. The van der Waals surface area contributed by atoms with Gasteiger partial charge in [0.15, 0.2) is 0 Å². The Morgan fingerprint density at radius 1 is 1.31 bits per heavy atom. The van der Waals surface area contributed by atoms with Crippen molar-refractivity contribution in [3.63, 3.8) is 0 Å². The van der Waals surface area contributed by atoms with Gasteiger partial charge in [0, 0.05) is 19.1 Å². The van der Waals surface area contributed by atoms with Gasteiger partial charge in [-0.05, 0) is 37.9 Å². The lowest BCUT2D eigenvalue weighted by Crippen LogP contribution is -2.56. The highest BCUT2D eigenvalue weighted by atomic mass is 16.5. The fraction of sp³-hybridized carbons (Fsp3) is 0.579. The van der Waals surface area contributed by atoms with Gasteiger partial charge in [0.2, 0.25) is 0 Å². The first-order chi connectivity index (χ1) is 12.4. The molecule has 1 aromatic rings. The fourth-order valence-electron chi connectivity index (χ4n) is 3.07. The minimum Gasteiger partial charge on any atom is -0.491 e. The van der Waals surface area contributed by atoms with E-state index < -0.39 is 5.97 Å². The number of aliphatic carboxylic acids is 1. The van der Waals surface area contributed by atoms with E-state index in [2.05, 4.69) is 5.32 Å². The number of ether oxygens (including phenoxy) is 1. The Bertz CT molecular complexity index is 617. The van der Waals surface area contributed by atoms with E-state index in [1.54, 1.807) is 11.9 Å². The summed E-state index contributed by atoms with van der Waals surface area (Å²) in [6.45, 7) is 5.63. The van der Waals surface area contributed by atoms with Gasteiger partial charge in [-0.15, -0.1) is 0 Å². The van der Waals surface area contributed by atoms with Gasteiger partial charge in [-0.1, -0.05) is 25.1 Å². The molecule has 0 atom stereocenters. The zero-order valence-electron chi connectivity index (χ0n) is 15.8. The molecule has 1 saturated carbocycles. The number of benzene rings is 1. The van der Waals surface area contributed by atoms with Gasteiger partial charge in [-0.25, -0.2) is 4.79 Å². The molecule has 26 heavy (non-hydrogen) atoms. The number of urea groups is 1. The number of carboxylic acids is 1. The van der Waals surface area contributed by atoms with Crippen molar-refractivity contribution < 1.29 is 19.4 Å². The number of hydrogen-bond acceptors (Lipinski definition) is 4. The smallest absolute Gasteiger partial charge is 0.317 e. The maximum atomic E-state index is 12.2. The van der Waals surface area contributed by atoms with E-state index in [1.165, 1.54) is 0 Å². The molecular weight excluding hydrogens is 334 g/mol. The maximum absolute atomic E-state index is 12.2. The summed E-state index contributed by atoms with van der Waals surface area (Å²) in [5.74, 6) is 0.0222. The van der Waals surface area contributed by atoms with Crippen LogP contribution in [0.3, 0.4) is 0 Å². The lowest BCUT2D eigenvalue weighted by molar-refractivity contribution is -0.139. The molecule has 0 bridgehead atoms. The minimum absolute atomic E-state index is 0.0535. The lowest BCUT2D eigenvalue weighted by Gasteiger charge is -2.42. The number of carbonyl (C=O) groups excluding carboxylic acids is 1. The van der Waals surface area contributed by atoms with Gasteiger partial charge in [0.1, 0.15) is 12.4 Å². The van der Waals surface area contributed by atoms with E-state index in [0.717, 1.165) is 24.2 Å². The predicted octanol–water partition coefficient (Wildman–Crippen LogP) is 1.95. The number of para-hydroxylation sites is 1. The molecule has 1 aromatic carbocycles. The van der Waals surface area contributed by atoms with E-state index >= 15 is 0 Å². The minimum atomic E-state index is -0.812. The number of rotatable bonds is 9. The summed E-state index contributed by atoms with van der Waals surface area (Å²) in [7, 11) is 1.75. The molecule has 2 amide bonds. The Balaban J connectivity index is 1.67. The molecule has 144 valence electrons. The largest absolute Gasteiger partial charge is 0.491 e. The standard InChI is InChI=1S/C19H29N3O4/c1-4-22(13-18(23)24)16-11-15(12-16)20-19(25)21(3)9-10-26-17-8-6-5-7-14(17)2/h5-8,15-16H,4,9-13H2,1-3H3,(H,20,25)(H,23,24). The third-order valence-corrected chi connectivity index (χ3v) is 4.83. The van der Waals surface area contributed by atoms with Crippen molar-refractivity contribution in [3.8, 4) is 5.75 Å². The van der Waals surface area contributed by atoms with Crippen LogP contribution >= 0.6 is 0 Å². The average Bonchev–Trinajstić information content (AvgIpc) is 2.57. The molecule has 7 heteroatoms. The summed E-state index contributed by atoms with van der Waals surface area (Å²) in [5.41, 5.74) is 1.07. The number of carbonyl (C=O) groups is 2. The van der Waals surface area contributed by atoms with E-state index in [1.807, 2.05) is 43.0 Å². The van der Waals surface area contributed by atoms with Crippen molar-refractivity contribution in [1.29, 1.82) is 0 Å². The second-order valence-electron chi connectivity index (χ2n) is 6.76. The normalized spacial score (nSPS) is 18.9. The quantitative estimate of drug-likeness (QED) is 0.701. The van der Waals surface area contributed by atoms with Gasteiger partial charge in [-0.2, -0.15) is 0 Å². The van der Waals surface area contributed by atoms with E-state index in [9.17, 15) is 9.59 Å². The Morgan fingerprint density at radius 3 is 2.62 bits per heavy atom. The highest BCUT2D eigenvalue weighted by Gasteiger charge is 2.35. The molecule has 0 saturated heterocycles. The number of carboxylic acid groups (broad SMARTS) is 1. The van der Waals surface area contributed by atoms with Gasteiger partial charge < -0.3 is 20.1 Å². The third-order valence-electron chi connectivity index (χ3n) is 4.83. The second kappa shape index (κ2) is 9.43. The summed E-state index contributed by atoms with van der Waals surface area (Å²) >= 11 is 0. The van der Waals surface area contributed by atoms with Crippen LogP contribution in [0.25, 0.3) is 0 Å². The lowest BCUT2D eigenvalue weighted by atomic mass is 9.85. The van der Waals surface area contributed by atoms with Gasteiger partial charge >= 0.3 is 12.0 Å². The molecule has 2 rings (SSSR count). The van der Waals surface area contributed by atoms with Crippen molar-refractivity contribution in [1.82, 2.24) is 15.1 Å². The number of nitrogens with zero attached hydrogens (tertiary/aromatic N) is 2. The summed E-state index contributed by atoms with van der Waals surface area (Å²) in [5, 5.41) is 11.9. The van der Waals surface area contributed by atoms with Crippen molar-refractivity contribution in [2.75, 3.05) is 33.3 Å². The zero-order chi connectivity index (χ0) is 19.1. The van der Waals surface area contributed by atoms with Crippen molar-refractivity contribution >= 4 is 12.0 Å². The Labute approximate surface area is 154 Å². The highest BCUT2D eigenvalue weighted by molar-refractivity contribution is 5.74. The molecule has 0 aliphatic heterocycles. The van der Waals surface area contributed by atoms with Crippen LogP contribution in [0.15, 0.2) is 24.3 Å². The number of nitrogens with one attached hydrogen (secondary N) is 1. The number of likely N-dealkylation sites (N-methyl/N-ethyl adjacent to an activating group) is 2. The Kier molecular flexibility index (Phi) is 7.26. The summed E-state index contributed by atoms with van der Waals surface area (Å²) in [4.78, 5) is 26.6. The van der Waals surface area contributed by atoms with Crippen molar-refractivity contribution in [2.24, 2.45) is 0 Å². The van der Waals surface area contributed by atoms with Crippen molar-refractivity contribution in [2.45, 2.75) is 38.8 Å². The van der Waals surface area contributed by atoms with Crippen LogP contribution in [0.4, 0.5) is 4.79 Å². The van der Waals surface area contributed by atoms with Crippen LogP contribution in [0.1, 0.15) is 25.3 Å². The first-order valence-electron chi connectivity index (χ1n) is 9.06. The van der Waals surface area contributed by atoms with Crippen LogP contribution in [0.5, 0.6) is 5.75 Å². The molecular formula is C19H29N3O4. The van der Waals surface area contributed by atoms with Gasteiger partial charge in [0.25, 0.3) is 0 Å². The van der Waals surface area contributed by atoms with Gasteiger partial charge in [0.05, 0.1) is 13.1 Å². The topological polar surface area (TPSA) is 82.1 Å². The van der Waals surface area contributed by atoms with E-state index in [-0.39, 0.29) is 24.7 Å². The third kappa shape index (κ3) is 5.62. The Hall–Kier alpha value is -2.28. The Morgan fingerprint density at radius 2 is 2.00 bits per heavy atom. The summed E-state index contributed by atoms with van der Waals surface area (Å²) in [6, 6.07) is 8.01. The van der Waals surface area contributed by atoms with Crippen LogP contribution in [0.2, 0.25) is 0 Å². The number of hydrogen-bond donors (Lipinski definition) is 2. The fourth-order valence-corrected chi connectivity index (χ4v) is 3.07. The van der Waals surface area contributed by atoms with Crippen molar-refractivity contribution in [3.05, 3.63) is 29.8 Å². The highest BCUT2D eigenvalue weighted by Crippen LogP contribution is 2.25. The zero-order valence-corrected chi connectivity index (χ0v) is 15.8. The average molecular weight is 363 g/mol. The van der Waals surface area contributed by atoms with E-state index in [0.29, 0.717) is 19.7 Å². The monoisotopic (exact) mass is 363 g/mol. The maximum Gasteiger partial charge on any atom is 0.317 e. The molecule has 7 nitrogen and oxygen atoms in total. The molecule has 1 aliphatic carbocycles. The predicted molar refractivity (Wildman–Crippen MR) is 99.5 cm³/mol. The first-order valence-corrected chi connectivity index (χ1v) is 9.06. The second-order valence-corrected chi connectivity index (χ2v) is 6.76. The molecule has 1 fully saturated rings. The molecule has 0 radical (unpaired) electrons. The van der Waals surface area contributed by atoms with E-state index in [4.69, 9.17) is 9.84 Å². The van der Waals surface area contributed by atoms with Gasteiger partial charge in [-0.3, -0.25) is 9.69 Å². The van der Waals surface area contributed by atoms with Crippen LogP contribution < -0.4 is 10.1 Å². The molecule has 1 aliphatic rings. The number of amides is 2. The molecule has 0 unspecified atom stereocenters. The molecule has 0 spiro atoms. The van der Waals surface area contributed by atoms with Crippen LogP contribution in [-0.4, -0.2) is 72.3 Å². The molecule has 2 N–H and O–H groups in total. The van der Waals surface area contributed by atoms with Crippen LogP contribution in [0, 0.1) is 6.92 Å².